The Morgan fingerprint density at radius 2 is 2.00 bits per heavy atom. The van der Waals surface area contributed by atoms with Crippen LogP contribution in [0.5, 0.6) is 5.75 Å². The number of piperidine rings is 1. The minimum absolute atomic E-state index is 0. The van der Waals surface area contributed by atoms with Crippen molar-refractivity contribution >= 4 is 29.9 Å². The average molecular weight is 381 g/mol. The highest BCUT2D eigenvalue weighted by molar-refractivity contribution is 6.32. The minimum Gasteiger partial charge on any atom is -0.482 e. The monoisotopic (exact) mass is 380 g/mol. The molecule has 1 unspecified atom stereocenters. The molecule has 2 aromatic carbocycles. The Hall–Kier alpha value is -1.75. The molecule has 1 atom stereocenters. The number of ether oxygens (including phenoxy) is 1. The number of rotatable bonds is 5. The van der Waals surface area contributed by atoms with Gasteiger partial charge in [0.2, 0.25) is 0 Å². The van der Waals surface area contributed by atoms with E-state index in [0.29, 0.717) is 10.8 Å². The molecule has 2 N–H and O–H groups in total. The number of hydrogen-bond acceptors (Lipinski definition) is 3. The summed E-state index contributed by atoms with van der Waals surface area (Å²) in [5, 5.41) is 6.75. The van der Waals surface area contributed by atoms with Crippen LogP contribution in [0.3, 0.4) is 0 Å². The van der Waals surface area contributed by atoms with Crippen molar-refractivity contribution in [1.29, 1.82) is 0 Å². The third-order valence-corrected chi connectivity index (χ3v) is 4.36. The van der Waals surface area contributed by atoms with Crippen LogP contribution in [0.4, 0.5) is 0 Å². The molecule has 0 spiro atoms. The Morgan fingerprint density at radius 3 is 2.68 bits per heavy atom. The number of carbonyl (C=O) groups is 1. The van der Waals surface area contributed by atoms with E-state index in [4.69, 9.17) is 16.3 Å². The average Bonchev–Trinajstić information content (AvgIpc) is 2.62. The molecule has 0 radical (unpaired) electrons. The summed E-state index contributed by atoms with van der Waals surface area (Å²) in [6.45, 7) is 1.81. The maximum atomic E-state index is 12.0. The Labute approximate surface area is 159 Å². The smallest absolute Gasteiger partial charge is 0.258 e. The molecule has 1 heterocycles. The van der Waals surface area contributed by atoms with E-state index < -0.39 is 0 Å². The largest absolute Gasteiger partial charge is 0.482 e. The second kappa shape index (κ2) is 9.66. The predicted molar refractivity (Wildman–Crippen MR) is 104 cm³/mol. The van der Waals surface area contributed by atoms with Crippen LogP contribution < -0.4 is 15.4 Å². The highest BCUT2D eigenvalue weighted by Gasteiger charge is 2.15. The summed E-state index contributed by atoms with van der Waals surface area (Å²) in [5.41, 5.74) is 2.11. The second-order valence-corrected chi connectivity index (χ2v) is 6.32. The zero-order valence-corrected chi connectivity index (χ0v) is 15.4. The first-order chi connectivity index (χ1) is 11.7. The van der Waals surface area contributed by atoms with Crippen LogP contribution >= 0.6 is 24.0 Å². The lowest BCUT2D eigenvalue weighted by Gasteiger charge is -2.23. The number of hydrogen-bond donors (Lipinski definition) is 2. The Bertz CT molecular complexity index is 689. The Morgan fingerprint density at radius 1 is 1.20 bits per heavy atom. The normalized spacial score (nSPS) is 16.6. The van der Waals surface area contributed by atoms with Gasteiger partial charge in [0, 0.05) is 12.6 Å². The molecular formula is C19H22Cl2N2O2. The first-order valence-corrected chi connectivity index (χ1v) is 8.58. The van der Waals surface area contributed by atoms with E-state index in [1.807, 2.05) is 42.5 Å². The molecule has 0 aromatic heterocycles. The quantitative estimate of drug-likeness (QED) is 0.831. The van der Waals surface area contributed by atoms with Crippen molar-refractivity contribution in [2.75, 3.05) is 19.7 Å². The maximum absolute atomic E-state index is 12.0. The molecule has 2 aromatic rings. The predicted octanol–water partition coefficient (Wildman–Crippen LogP) is 3.68. The van der Waals surface area contributed by atoms with Crippen molar-refractivity contribution in [3.05, 3.63) is 53.6 Å². The zero-order chi connectivity index (χ0) is 16.8. The Balaban J connectivity index is 0.00000225. The molecule has 134 valence electrons. The number of halogens is 2. The molecule has 1 aliphatic heterocycles. The van der Waals surface area contributed by atoms with Crippen molar-refractivity contribution in [3.63, 3.8) is 0 Å². The molecule has 25 heavy (non-hydrogen) atoms. The standard InChI is InChI=1S/C19H21ClN2O2.ClH/c20-17-11-15(14-5-2-1-3-6-14)8-9-18(17)24-13-19(23)22-16-7-4-10-21-12-16;/h1-3,5-6,8-9,11,16,21H,4,7,10,12-13H2,(H,22,23);1H. The van der Waals surface area contributed by atoms with Crippen LogP contribution in [-0.2, 0) is 4.79 Å². The lowest BCUT2D eigenvalue weighted by molar-refractivity contribution is -0.123. The van der Waals surface area contributed by atoms with Gasteiger partial charge in [-0.25, -0.2) is 0 Å². The van der Waals surface area contributed by atoms with Crippen LogP contribution in [0.1, 0.15) is 12.8 Å². The van der Waals surface area contributed by atoms with Gasteiger partial charge >= 0.3 is 0 Å². The van der Waals surface area contributed by atoms with Gasteiger partial charge in [-0.15, -0.1) is 12.4 Å². The van der Waals surface area contributed by atoms with Crippen LogP contribution in [0.25, 0.3) is 11.1 Å². The fourth-order valence-corrected chi connectivity index (χ4v) is 3.05. The second-order valence-electron chi connectivity index (χ2n) is 5.91. The molecule has 6 heteroatoms. The SMILES string of the molecule is Cl.O=C(COc1ccc(-c2ccccc2)cc1Cl)NC1CCCNC1. The highest BCUT2D eigenvalue weighted by atomic mass is 35.5. The number of amides is 1. The fraction of sp³-hybridized carbons (Fsp3) is 0.316. The molecule has 1 saturated heterocycles. The molecule has 1 aliphatic rings. The summed E-state index contributed by atoms with van der Waals surface area (Å²) in [4.78, 5) is 12.0. The van der Waals surface area contributed by atoms with E-state index in [1.165, 1.54) is 0 Å². The summed E-state index contributed by atoms with van der Waals surface area (Å²) in [7, 11) is 0. The number of nitrogens with one attached hydrogen (secondary N) is 2. The van der Waals surface area contributed by atoms with Gasteiger partial charge in [-0.05, 0) is 42.6 Å². The lowest BCUT2D eigenvalue weighted by Crippen LogP contribution is -2.47. The van der Waals surface area contributed by atoms with Crippen LogP contribution in [0, 0.1) is 0 Å². The van der Waals surface area contributed by atoms with Crippen molar-refractivity contribution in [3.8, 4) is 16.9 Å². The van der Waals surface area contributed by atoms with Crippen LogP contribution in [0.2, 0.25) is 5.02 Å². The fourth-order valence-electron chi connectivity index (χ4n) is 2.82. The molecule has 4 nitrogen and oxygen atoms in total. The first kappa shape index (κ1) is 19.6. The van der Waals surface area contributed by atoms with Gasteiger partial charge in [-0.3, -0.25) is 4.79 Å². The maximum Gasteiger partial charge on any atom is 0.258 e. The number of benzene rings is 2. The third kappa shape index (κ3) is 5.63. The molecule has 3 rings (SSSR count). The molecule has 1 amide bonds. The highest BCUT2D eigenvalue weighted by Crippen LogP contribution is 2.30. The van der Waals surface area contributed by atoms with Crippen molar-refractivity contribution < 1.29 is 9.53 Å². The summed E-state index contributed by atoms with van der Waals surface area (Å²) < 4.78 is 5.57. The van der Waals surface area contributed by atoms with E-state index in [-0.39, 0.29) is 31.0 Å². The van der Waals surface area contributed by atoms with Crippen molar-refractivity contribution in [2.45, 2.75) is 18.9 Å². The van der Waals surface area contributed by atoms with Gasteiger partial charge in [-0.2, -0.15) is 0 Å². The van der Waals surface area contributed by atoms with E-state index >= 15 is 0 Å². The summed E-state index contributed by atoms with van der Waals surface area (Å²) in [6.07, 6.45) is 2.09. The van der Waals surface area contributed by atoms with Crippen LogP contribution in [-0.4, -0.2) is 31.6 Å². The van der Waals surface area contributed by atoms with E-state index in [1.54, 1.807) is 6.07 Å². The van der Waals surface area contributed by atoms with E-state index in [9.17, 15) is 4.79 Å². The van der Waals surface area contributed by atoms with E-state index in [2.05, 4.69) is 10.6 Å². The van der Waals surface area contributed by atoms with Crippen molar-refractivity contribution in [1.82, 2.24) is 10.6 Å². The molecular weight excluding hydrogens is 359 g/mol. The van der Waals surface area contributed by atoms with Gasteiger partial charge in [-0.1, -0.05) is 48.0 Å². The van der Waals surface area contributed by atoms with Gasteiger partial charge in [0.1, 0.15) is 5.75 Å². The van der Waals surface area contributed by atoms with E-state index in [0.717, 1.165) is 37.1 Å². The van der Waals surface area contributed by atoms with Gasteiger partial charge in [0.25, 0.3) is 5.91 Å². The third-order valence-electron chi connectivity index (χ3n) is 4.06. The summed E-state index contributed by atoms with van der Waals surface area (Å²) >= 11 is 6.29. The summed E-state index contributed by atoms with van der Waals surface area (Å²) in [5.74, 6) is 0.403. The van der Waals surface area contributed by atoms with Gasteiger partial charge in [0.05, 0.1) is 5.02 Å². The molecule has 0 aliphatic carbocycles. The molecule has 1 fully saturated rings. The van der Waals surface area contributed by atoms with Gasteiger partial charge in [0.15, 0.2) is 6.61 Å². The zero-order valence-electron chi connectivity index (χ0n) is 13.8. The lowest BCUT2D eigenvalue weighted by atomic mass is 10.1. The van der Waals surface area contributed by atoms with Crippen molar-refractivity contribution in [2.24, 2.45) is 0 Å². The molecule has 0 saturated carbocycles. The van der Waals surface area contributed by atoms with Crippen LogP contribution in [0.15, 0.2) is 48.5 Å². The summed E-state index contributed by atoms with van der Waals surface area (Å²) in [6, 6.07) is 15.8. The molecule has 0 bridgehead atoms. The topological polar surface area (TPSA) is 50.4 Å². The van der Waals surface area contributed by atoms with Gasteiger partial charge < -0.3 is 15.4 Å². The first-order valence-electron chi connectivity index (χ1n) is 8.20. The number of carbonyl (C=O) groups excluding carboxylic acids is 1. The minimum atomic E-state index is -0.119. The Kier molecular flexibility index (Phi) is 7.56.